The number of benzene rings is 2. The molecule has 0 spiro atoms. The zero-order valence-corrected chi connectivity index (χ0v) is 10.7. The number of rotatable bonds is 3. The minimum atomic E-state index is -0.390. The summed E-state index contributed by atoms with van der Waals surface area (Å²) >= 11 is 0. The standard InChI is InChI=1S/C15H14FNO2/c1-10-3-5-14(13(16)7-10)17-9-11-8-12(19-2)4-6-15(11)18/h3-9,18H,1-2H3. The zero-order valence-electron chi connectivity index (χ0n) is 10.7. The van der Waals surface area contributed by atoms with E-state index in [0.717, 1.165) is 5.56 Å². The fraction of sp³-hybridized carbons (Fsp3) is 0.133. The third kappa shape index (κ3) is 3.10. The number of methoxy groups -OCH3 is 1. The Labute approximate surface area is 111 Å². The molecule has 0 heterocycles. The molecule has 0 aliphatic heterocycles. The van der Waals surface area contributed by atoms with Crippen LogP contribution in [0.1, 0.15) is 11.1 Å². The van der Waals surface area contributed by atoms with E-state index in [4.69, 9.17) is 4.74 Å². The molecule has 0 saturated carbocycles. The lowest BCUT2D eigenvalue weighted by Crippen LogP contribution is -1.87. The van der Waals surface area contributed by atoms with Crippen molar-refractivity contribution >= 4 is 11.9 Å². The molecule has 0 aliphatic rings. The topological polar surface area (TPSA) is 41.8 Å². The lowest BCUT2D eigenvalue weighted by Gasteiger charge is -2.03. The van der Waals surface area contributed by atoms with Crippen molar-refractivity contribution < 1.29 is 14.2 Å². The Balaban J connectivity index is 2.32. The van der Waals surface area contributed by atoms with Gasteiger partial charge in [-0.15, -0.1) is 0 Å². The van der Waals surface area contributed by atoms with Gasteiger partial charge in [0, 0.05) is 11.8 Å². The molecule has 0 aromatic heterocycles. The van der Waals surface area contributed by atoms with Crippen LogP contribution in [0.5, 0.6) is 11.5 Å². The number of ether oxygens (including phenoxy) is 1. The number of aromatic hydroxyl groups is 1. The van der Waals surface area contributed by atoms with Crippen molar-refractivity contribution in [2.75, 3.05) is 7.11 Å². The summed E-state index contributed by atoms with van der Waals surface area (Å²) in [7, 11) is 1.53. The van der Waals surface area contributed by atoms with Crippen molar-refractivity contribution in [2.45, 2.75) is 6.92 Å². The number of hydrogen-bond acceptors (Lipinski definition) is 3. The molecule has 0 unspecified atom stereocenters. The van der Waals surface area contributed by atoms with E-state index in [1.165, 1.54) is 25.5 Å². The maximum Gasteiger partial charge on any atom is 0.149 e. The second-order valence-electron chi connectivity index (χ2n) is 4.14. The number of aryl methyl sites for hydroxylation is 1. The Morgan fingerprint density at radius 3 is 2.68 bits per heavy atom. The molecular weight excluding hydrogens is 245 g/mol. The van der Waals surface area contributed by atoms with Crippen molar-refractivity contribution in [3.63, 3.8) is 0 Å². The molecule has 1 N–H and O–H groups in total. The van der Waals surface area contributed by atoms with Gasteiger partial charge in [-0.05, 0) is 42.8 Å². The van der Waals surface area contributed by atoms with E-state index in [-0.39, 0.29) is 11.4 Å². The Hall–Kier alpha value is -2.36. The monoisotopic (exact) mass is 259 g/mol. The van der Waals surface area contributed by atoms with Crippen LogP contribution >= 0.6 is 0 Å². The van der Waals surface area contributed by atoms with Crippen molar-refractivity contribution in [1.29, 1.82) is 0 Å². The number of hydrogen-bond donors (Lipinski definition) is 1. The van der Waals surface area contributed by atoms with Gasteiger partial charge in [0.25, 0.3) is 0 Å². The highest BCUT2D eigenvalue weighted by atomic mass is 19.1. The van der Waals surface area contributed by atoms with Crippen molar-refractivity contribution in [3.05, 3.63) is 53.3 Å². The maximum atomic E-state index is 13.6. The van der Waals surface area contributed by atoms with Gasteiger partial charge in [-0.2, -0.15) is 0 Å². The second-order valence-corrected chi connectivity index (χ2v) is 4.14. The molecule has 0 radical (unpaired) electrons. The molecular formula is C15H14FNO2. The second kappa shape index (κ2) is 5.52. The average Bonchev–Trinajstić information content (AvgIpc) is 2.39. The minimum Gasteiger partial charge on any atom is -0.507 e. The van der Waals surface area contributed by atoms with E-state index in [1.54, 1.807) is 24.3 Å². The normalized spacial score (nSPS) is 10.9. The predicted molar refractivity (Wildman–Crippen MR) is 73.0 cm³/mol. The van der Waals surface area contributed by atoms with Crippen molar-refractivity contribution in [2.24, 2.45) is 4.99 Å². The van der Waals surface area contributed by atoms with Gasteiger partial charge in [-0.25, -0.2) is 4.39 Å². The van der Waals surface area contributed by atoms with Crippen LogP contribution in [0.2, 0.25) is 0 Å². The molecule has 2 aromatic rings. The predicted octanol–water partition coefficient (Wildman–Crippen LogP) is 3.60. The molecule has 4 heteroatoms. The van der Waals surface area contributed by atoms with E-state index in [9.17, 15) is 9.50 Å². The molecule has 0 bridgehead atoms. The zero-order chi connectivity index (χ0) is 13.8. The van der Waals surface area contributed by atoms with Crippen LogP contribution in [0.25, 0.3) is 0 Å². The van der Waals surface area contributed by atoms with Crippen LogP contribution < -0.4 is 4.74 Å². The molecule has 2 rings (SSSR count). The molecule has 0 saturated heterocycles. The van der Waals surface area contributed by atoms with E-state index >= 15 is 0 Å². The van der Waals surface area contributed by atoms with E-state index < -0.39 is 5.82 Å². The highest BCUT2D eigenvalue weighted by molar-refractivity contribution is 5.86. The Morgan fingerprint density at radius 2 is 2.00 bits per heavy atom. The Bertz CT molecular complexity index is 624. The SMILES string of the molecule is COc1ccc(O)c(C=Nc2ccc(C)cc2F)c1. The lowest BCUT2D eigenvalue weighted by molar-refractivity contribution is 0.412. The molecule has 98 valence electrons. The molecule has 0 fully saturated rings. The summed E-state index contributed by atoms with van der Waals surface area (Å²) in [6.45, 7) is 1.81. The Kier molecular flexibility index (Phi) is 3.80. The maximum absolute atomic E-state index is 13.6. The van der Waals surface area contributed by atoms with Gasteiger partial charge in [0.1, 0.15) is 17.3 Å². The first-order valence-corrected chi connectivity index (χ1v) is 5.77. The number of phenols is 1. The van der Waals surface area contributed by atoms with Gasteiger partial charge in [0.2, 0.25) is 0 Å². The summed E-state index contributed by atoms with van der Waals surface area (Å²) in [6.07, 6.45) is 1.41. The Morgan fingerprint density at radius 1 is 1.21 bits per heavy atom. The van der Waals surface area contributed by atoms with Gasteiger partial charge >= 0.3 is 0 Å². The van der Waals surface area contributed by atoms with Crippen LogP contribution in [0.15, 0.2) is 41.4 Å². The van der Waals surface area contributed by atoms with E-state index in [2.05, 4.69) is 4.99 Å². The largest absolute Gasteiger partial charge is 0.507 e. The fourth-order valence-corrected chi connectivity index (χ4v) is 1.62. The van der Waals surface area contributed by atoms with Crippen molar-refractivity contribution in [3.8, 4) is 11.5 Å². The van der Waals surface area contributed by atoms with Gasteiger partial charge in [-0.1, -0.05) is 6.07 Å². The summed E-state index contributed by atoms with van der Waals surface area (Å²) in [5.74, 6) is 0.277. The van der Waals surface area contributed by atoms with Crippen LogP contribution in [0.3, 0.4) is 0 Å². The minimum absolute atomic E-state index is 0.0667. The number of nitrogens with zero attached hydrogens (tertiary/aromatic N) is 1. The van der Waals surface area contributed by atoms with Gasteiger partial charge in [0.15, 0.2) is 0 Å². The summed E-state index contributed by atoms with van der Waals surface area (Å²) in [4.78, 5) is 4.04. The number of phenolic OH excluding ortho intramolecular Hbond substituents is 1. The first-order chi connectivity index (χ1) is 9.10. The summed E-state index contributed by atoms with van der Waals surface area (Å²) < 4.78 is 18.7. The third-order valence-electron chi connectivity index (χ3n) is 2.68. The molecule has 3 nitrogen and oxygen atoms in total. The van der Waals surface area contributed by atoms with Crippen molar-refractivity contribution in [1.82, 2.24) is 0 Å². The molecule has 0 atom stereocenters. The van der Waals surface area contributed by atoms with E-state index in [1.807, 2.05) is 6.92 Å². The summed E-state index contributed by atoms with van der Waals surface area (Å²) in [5.41, 5.74) is 1.54. The van der Waals surface area contributed by atoms with Crippen LogP contribution in [-0.2, 0) is 0 Å². The van der Waals surface area contributed by atoms with Crippen LogP contribution in [-0.4, -0.2) is 18.4 Å². The average molecular weight is 259 g/mol. The first kappa shape index (κ1) is 13.1. The van der Waals surface area contributed by atoms with Gasteiger partial charge < -0.3 is 9.84 Å². The molecule has 0 amide bonds. The van der Waals surface area contributed by atoms with Crippen LogP contribution in [0.4, 0.5) is 10.1 Å². The highest BCUT2D eigenvalue weighted by Crippen LogP contribution is 2.23. The van der Waals surface area contributed by atoms with Crippen LogP contribution in [0, 0.1) is 12.7 Å². The molecule has 2 aromatic carbocycles. The number of aliphatic imine (C=N–C) groups is 1. The summed E-state index contributed by atoms with van der Waals surface area (Å²) in [6, 6.07) is 9.56. The fourth-order valence-electron chi connectivity index (χ4n) is 1.62. The lowest BCUT2D eigenvalue weighted by atomic mass is 10.2. The summed E-state index contributed by atoms with van der Waals surface area (Å²) in [5, 5.41) is 9.68. The smallest absolute Gasteiger partial charge is 0.149 e. The highest BCUT2D eigenvalue weighted by Gasteiger charge is 2.02. The van der Waals surface area contributed by atoms with E-state index in [0.29, 0.717) is 11.3 Å². The van der Waals surface area contributed by atoms with Gasteiger partial charge in [0.05, 0.1) is 12.8 Å². The first-order valence-electron chi connectivity index (χ1n) is 5.77. The molecule has 19 heavy (non-hydrogen) atoms. The van der Waals surface area contributed by atoms with Gasteiger partial charge in [-0.3, -0.25) is 4.99 Å². The quantitative estimate of drug-likeness (QED) is 0.856. The number of halogens is 1. The third-order valence-corrected chi connectivity index (χ3v) is 2.68. The molecule has 0 aliphatic carbocycles.